The van der Waals surface area contributed by atoms with Crippen LogP contribution >= 0.6 is 0 Å². The van der Waals surface area contributed by atoms with Gasteiger partial charge in [-0.3, -0.25) is 4.79 Å². The summed E-state index contributed by atoms with van der Waals surface area (Å²) in [5, 5.41) is 0. The lowest BCUT2D eigenvalue weighted by Gasteiger charge is -2.46. The molecule has 0 aliphatic carbocycles. The summed E-state index contributed by atoms with van der Waals surface area (Å²) in [7, 11) is -4.71. The van der Waals surface area contributed by atoms with E-state index in [0.717, 1.165) is 12.1 Å². The summed E-state index contributed by atoms with van der Waals surface area (Å²) >= 11 is 0. The van der Waals surface area contributed by atoms with Crippen molar-refractivity contribution in [2.24, 2.45) is 0 Å². The van der Waals surface area contributed by atoms with Crippen molar-refractivity contribution in [3.8, 4) is 5.75 Å². The molecule has 0 bridgehead atoms. The predicted molar refractivity (Wildman–Crippen MR) is 114 cm³/mol. The van der Waals surface area contributed by atoms with Crippen LogP contribution in [0.3, 0.4) is 0 Å². The lowest BCUT2D eigenvalue weighted by Crippen LogP contribution is -2.52. The van der Waals surface area contributed by atoms with Crippen molar-refractivity contribution >= 4 is 15.7 Å². The zero-order chi connectivity index (χ0) is 23.8. The van der Waals surface area contributed by atoms with Crippen molar-refractivity contribution in [1.82, 2.24) is 4.90 Å². The van der Waals surface area contributed by atoms with Crippen LogP contribution in [0.5, 0.6) is 5.75 Å². The summed E-state index contributed by atoms with van der Waals surface area (Å²) < 4.78 is 74.5. The van der Waals surface area contributed by atoms with Crippen LogP contribution in [-0.2, 0) is 14.6 Å². The molecule has 178 valence electrons. The van der Waals surface area contributed by atoms with Gasteiger partial charge in [-0.1, -0.05) is 0 Å². The molecular weight excluding hydrogens is 459 g/mol. The molecule has 4 rings (SSSR count). The van der Waals surface area contributed by atoms with Gasteiger partial charge in [0, 0.05) is 50.1 Å². The molecule has 1 atom stereocenters. The van der Waals surface area contributed by atoms with Crippen molar-refractivity contribution < 1.29 is 35.9 Å². The van der Waals surface area contributed by atoms with Crippen LogP contribution in [-0.4, -0.2) is 50.3 Å². The third-order valence-corrected chi connectivity index (χ3v) is 7.60. The number of hydrogen-bond acceptors (Lipinski definition) is 5. The Kier molecular flexibility index (Phi) is 6.41. The van der Waals surface area contributed by atoms with Gasteiger partial charge in [0.2, 0.25) is 9.84 Å². The Morgan fingerprint density at radius 2 is 1.85 bits per heavy atom. The summed E-state index contributed by atoms with van der Waals surface area (Å²) in [4.78, 5) is 14.0. The minimum Gasteiger partial charge on any atom is -0.487 e. The second-order valence-corrected chi connectivity index (χ2v) is 10.2. The van der Waals surface area contributed by atoms with Gasteiger partial charge in [-0.2, -0.15) is 8.78 Å². The lowest BCUT2D eigenvalue weighted by molar-refractivity contribution is -0.0701. The molecule has 33 heavy (non-hydrogen) atoms. The minimum atomic E-state index is -4.71. The van der Waals surface area contributed by atoms with Gasteiger partial charge >= 0.3 is 5.76 Å². The van der Waals surface area contributed by atoms with Gasteiger partial charge in [-0.15, -0.1) is 0 Å². The van der Waals surface area contributed by atoms with Crippen LogP contribution in [0.15, 0.2) is 47.4 Å². The van der Waals surface area contributed by atoms with Gasteiger partial charge in [0.15, 0.2) is 0 Å². The van der Waals surface area contributed by atoms with Crippen LogP contribution in [0.2, 0.25) is 0 Å². The summed E-state index contributed by atoms with van der Waals surface area (Å²) in [6.07, 6.45) is 1.31. The molecular formula is C23H24F3NO5S. The first-order valence-electron chi connectivity index (χ1n) is 10.7. The molecule has 6 nitrogen and oxygen atoms in total. The van der Waals surface area contributed by atoms with E-state index in [9.17, 15) is 26.4 Å². The summed E-state index contributed by atoms with van der Waals surface area (Å²) in [5.41, 5.74) is 0.355. The Bertz CT molecular complexity index is 1130. The number of benzene rings is 2. The van der Waals surface area contributed by atoms with E-state index in [2.05, 4.69) is 0 Å². The molecule has 2 aliphatic heterocycles. The summed E-state index contributed by atoms with van der Waals surface area (Å²) in [6.45, 7) is 3.13. The van der Waals surface area contributed by atoms with Crippen molar-refractivity contribution in [3.63, 3.8) is 0 Å². The zero-order valence-electron chi connectivity index (χ0n) is 18.0. The zero-order valence-corrected chi connectivity index (χ0v) is 18.8. The van der Waals surface area contributed by atoms with E-state index in [1.807, 2.05) is 6.92 Å². The maximum atomic E-state index is 13.7. The van der Waals surface area contributed by atoms with Gasteiger partial charge < -0.3 is 14.4 Å². The van der Waals surface area contributed by atoms with Crippen LogP contribution in [0.25, 0.3) is 0 Å². The van der Waals surface area contributed by atoms with Crippen molar-refractivity contribution in [2.45, 2.75) is 48.5 Å². The number of halogens is 3. The highest BCUT2D eigenvalue weighted by atomic mass is 32.2. The number of sulfone groups is 1. The highest BCUT2D eigenvalue weighted by molar-refractivity contribution is 7.91. The van der Waals surface area contributed by atoms with Crippen LogP contribution in [0, 0.1) is 5.82 Å². The Morgan fingerprint density at radius 1 is 1.18 bits per heavy atom. The molecule has 10 heteroatoms. The third kappa shape index (κ3) is 4.59. The molecule has 0 aromatic heterocycles. The van der Waals surface area contributed by atoms with E-state index >= 15 is 0 Å². The number of amides is 1. The molecule has 2 aliphatic rings. The smallest absolute Gasteiger partial charge is 0.341 e. The van der Waals surface area contributed by atoms with Crippen molar-refractivity contribution in [1.29, 1.82) is 0 Å². The highest BCUT2D eigenvalue weighted by Gasteiger charge is 2.44. The monoisotopic (exact) mass is 483 g/mol. The first-order valence-corrected chi connectivity index (χ1v) is 12.2. The summed E-state index contributed by atoms with van der Waals surface area (Å²) in [5.74, 6) is -3.61. The number of rotatable bonds is 5. The third-order valence-electron chi connectivity index (χ3n) is 6.20. The number of nitrogens with zero attached hydrogens (tertiary/aromatic N) is 1. The standard InChI is InChI=1S/C23H24F3NO5S/c1-2-31-20-14-23(32-19-8-5-16(24)13-18(19)20)9-11-27(12-10-23)21(28)15-3-6-17(7-4-15)33(29,30)22(25)26/h3-8,13,20,22H,2,9-12,14H2,1H3/t20-/m1/s1. The number of alkyl halides is 2. The van der Waals surface area contributed by atoms with Gasteiger partial charge in [-0.05, 0) is 49.4 Å². The van der Waals surface area contributed by atoms with Gasteiger partial charge in [0.1, 0.15) is 17.2 Å². The number of ether oxygens (including phenoxy) is 2. The fourth-order valence-corrected chi connectivity index (χ4v) is 5.15. The first kappa shape index (κ1) is 23.6. The van der Waals surface area contributed by atoms with E-state index < -0.39 is 26.1 Å². The lowest BCUT2D eigenvalue weighted by atomic mass is 9.81. The molecule has 2 heterocycles. The predicted octanol–water partition coefficient (Wildman–Crippen LogP) is 4.36. The Labute approximate surface area is 190 Å². The quantitative estimate of drug-likeness (QED) is 0.632. The molecule has 1 amide bonds. The SMILES string of the molecule is CCO[C@@H]1CC2(CCN(C(=O)c3ccc(S(=O)(=O)C(F)F)cc3)CC2)Oc2ccc(F)cc21. The first-order chi connectivity index (χ1) is 15.6. The maximum absolute atomic E-state index is 13.7. The maximum Gasteiger partial charge on any atom is 0.341 e. The van der Waals surface area contributed by atoms with E-state index in [0.29, 0.717) is 50.3 Å². The number of fused-ring (bicyclic) bond motifs is 1. The number of piperidine rings is 1. The minimum absolute atomic E-state index is 0.219. The molecule has 0 saturated carbocycles. The Balaban J connectivity index is 1.46. The summed E-state index contributed by atoms with van der Waals surface area (Å²) in [6, 6.07) is 8.91. The molecule has 1 saturated heterocycles. The number of carbonyl (C=O) groups excluding carboxylic acids is 1. The molecule has 0 radical (unpaired) electrons. The number of likely N-dealkylation sites (tertiary alicyclic amines) is 1. The molecule has 0 unspecified atom stereocenters. The van der Waals surface area contributed by atoms with Gasteiger partial charge in [0.25, 0.3) is 5.91 Å². The number of hydrogen-bond donors (Lipinski definition) is 0. The normalized spacial score (nSPS) is 19.9. The molecule has 1 fully saturated rings. The molecule has 0 N–H and O–H groups in total. The van der Waals surface area contributed by atoms with E-state index in [1.54, 1.807) is 11.0 Å². The average Bonchev–Trinajstić information content (AvgIpc) is 2.80. The largest absolute Gasteiger partial charge is 0.487 e. The Hall–Kier alpha value is -2.59. The molecule has 1 spiro atoms. The highest BCUT2D eigenvalue weighted by Crippen LogP contribution is 2.46. The Morgan fingerprint density at radius 3 is 2.45 bits per heavy atom. The number of carbonyl (C=O) groups is 1. The van der Waals surface area contributed by atoms with E-state index in [1.165, 1.54) is 24.3 Å². The van der Waals surface area contributed by atoms with Crippen LogP contribution < -0.4 is 4.74 Å². The van der Waals surface area contributed by atoms with E-state index in [4.69, 9.17) is 9.47 Å². The van der Waals surface area contributed by atoms with Gasteiger partial charge in [-0.25, -0.2) is 12.8 Å². The van der Waals surface area contributed by atoms with Crippen molar-refractivity contribution in [2.75, 3.05) is 19.7 Å². The van der Waals surface area contributed by atoms with E-state index in [-0.39, 0.29) is 23.4 Å². The molecule has 2 aromatic rings. The fraction of sp³-hybridized carbons (Fsp3) is 0.435. The van der Waals surface area contributed by atoms with Crippen LogP contribution in [0.1, 0.15) is 48.2 Å². The van der Waals surface area contributed by atoms with Gasteiger partial charge in [0.05, 0.1) is 11.0 Å². The topological polar surface area (TPSA) is 72.9 Å². The fourth-order valence-electron chi connectivity index (χ4n) is 4.43. The van der Waals surface area contributed by atoms with Crippen molar-refractivity contribution in [3.05, 3.63) is 59.4 Å². The second-order valence-electron chi connectivity index (χ2n) is 8.24. The molecule has 2 aromatic carbocycles. The second kappa shape index (κ2) is 8.98. The average molecular weight is 484 g/mol. The van der Waals surface area contributed by atoms with Crippen LogP contribution in [0.4, 0.5) is 13.2 Å².